The molecule has 2 aromatic rings. The molecule has 2 N–H and O–H groups in total. The summed E-state index contributed by atoms with van der Waals surface area (Å²) in [5.74, 6) is -0.573. The molecule has 0 aromatic heterocycles. The molecule has 2 aromatic carbocycles. The number of amides is 1. The standard InChI is InChI=1S/C22H26N2O7S/c1-15-5-7-17(8-6-15)11-12-32(27,28)23-14-21(25)31-16(2)22(26)24-18-9-10-19(29-3)20(13-18)30-4/h5-13,16,23H,14H2,1-4H3,(H,24,26)/b12-11+. The lowest BCUT2D eigenvalue weighted by atomic mass is 10.2. The van der Waals surface area contributed by atoms with Crippen molar-refractivity contribution in [2.45, 2.75) is 20.0 Å². The molecule has 0 aliphatic carbocycles. The summed E-state index contributed by atoms with van der Waals surface area (Å²) >= 11 is 0. The van der Waals surface area contributed by atoms with Gasteiger partial charge >= 0.3 is 5.97 Å². The molecule has 32 heavy (non-hydrogen) atoms. The van der Waals surface area contributed by atoms with Crippen molar-refractivity contribution in [3.8, 4) is 11.5 Å². The Morgan fingerprint density at radius 1 is 1.03 bits per heavy atom. The van der Waals surface area contributed by atoms with Gasteiger partial charge in [0.25, 0.3) is 5.91 Å². The van der Waals surface area contributed by atoms with Crippen molar-refractivity contribution in [3.63, 3.8) is 0 Å². The molecular weight excluding hydrogens is 436 g/mol. The lowest BCUT2D eigenvalue weighted by Gasteiger charge is -2.15. The van der Waals surface area contributed by atoms with Crippen LogP contribution in [0.3, 0.4) is 0 Å². The number of hydrogen-bond donors (Lipinski definition) is 2. The smallest absolute Gasteiger partial charge is 0.321 e. The van der Waals surface area contributed by atoms with E-state index in [-0.39, 0.29) is 0 Å². The number of aryl methyl sites for hydroxylation is 1. The van der Waals surface area contributed by atoms with Gasteiger partial charge in [-0.25, -0.2) is 13.1 Å². The average molecular weight is 463 g/mol. The minimum atomic E-state index is -3.86. The van der Waals surface area contributed by atoms with Crippen LogP contribution in [0.5, 0.6) is 11.5 Å². The van der Waals surface area contributed by atoms with Crippen LogP contribution >= 0.6 is 0 Å². The summed E-state index contributed by atoms with van der Waals surface area (Å²) in [6.07, 6.45) is 0.259. The summed E-state index contributed by atoms with van der Waals surface area (Å²) < 4.78 is 41.5. The largest absolute Gasteiger partial charge is 0.493 e. The summed E-state index contributed by atoms with van der Waals surface area (Å²) in [6.45, 7) is 2.68. The number of rotatable bonds is 10. The fourth-order valence-electron chi connectivity index (χ4n) is 2.50. The SMILES string of the molecule is COc1ccc(NC(=O)C(C)OC(=O)CNS(=O)(=O)/C=C/c2ccc(C)cc2)cc1OC. The molecule has 1 atom stereocenters. The van der Waals surface area contributed by atoms with Gasteiger partial charge in [0.15, 0.2) is 17.6 Å². The van der Waals surface area contributed by atoms with Gasteiger partial charge in [0.2, 0.25) is 10.0 Å². The summed E-state index contributed by atoms with van der Waals surface area (Å²) in [5.41, 5.74) is 2.16. The van der Waals surface area contributed by atoms with Gasteiger partial charge in [-0.05, 0) is 37.6 Å². The Morgan fingerprint density at radius 2 is 1.69 bits per heavy atom. The van der Waals surface area contributed by atoms with Crippen LogP contribution in [-0.4, -0.2) is 47.2 Å². The third-order valence-electron chi connectivity index (χ3n) is 4.26. The molecule has 1 amide bonds. The maximum absolute atomic E-state index is 12.3. The van der Waals surface area contributed by atoms with Crippen LogP contribution in [0, 0.1) is 6.92 Å². The van der Waals surface area contributed by atoms with Gasteiger partial charge in [0.05, 0.1) is 14.2 Å². The summed E-state index contributed by atoms with van der Waals surface area (Å²) in [7, 11) is -0.908. The Hall–Kier alpha value is -3.37. The van der Waals surface area contributed by atoms with Crippen molar-refractivity contribution < 1.29 is 32.2 Å². The Morgan fingerprint density at radius 3 is 2.31 bits per heavy atom. The molecule has 0 bridgehead atoms. The van der Waals surface area contributed by atoms with Gasteiger partial charge < -0.3 is 19.5 Å². The maximum atomic E-state index is 12.3. The summed E-state index contributed by atoms with van der Waals surface area (Å²) in [4.78, 5) is 24.2. The van der Waals surface area contributed by atoms with E-state index in [1.54, 1.807) is 30.3 Å². The third-order valence-corrected chi connectivity index (χ3v) is 5.30. The number of ether oxygens (including phenoxy) is 3. The van der Waals surface area contributed by atoms with Crippen molar-refractivity contribution in [1.29, 1.82) is 0 Å². The molecule has 0 fully saturated rings. The molecular formula is C22H26N2O7S. The predicted molar refractivity (Wildman–Crippen MR) is 121 cm³/mol. The number of carbonyl (C=O) groups excluding carboxylic acids is 2. The molecule has 0 aliphatic rings. The van der Waals surface area contributed by atoms with E-state index in [4.69, 9.17) is 14.2 Å². The molecule has 10 heteroatoms. The zero-order valence-corrected chi connectivity index (χ0v) is 19.1. The van der Waals surface area contributed by atoms with Crippen molar-refractivity contribution in [1.82, 2.24) is 4.72 Å². The highest BCUT2D eigenvalue weighted by molar-refractivity contribution is 7.92. The molecule has 0 radical (unpaired) electrons. The normalized spacial score (nSPS) is 12.2. The van der Waals surface area contributed by atoms with E-state index in [1.165, 1.54) is 27.2 Å². The predicted octanol–water partition coefficient (Wildman–Crippen LogP) is 2.47. The van der Waals surface area contributed by atoms with Gasteiger partial charge in [0.1, 0.15) is 6.54 Å². The van der Waals surface area contributed by atoms with E-state index in [2.05, 4.69) is 10.0 Å². The van der Waals surface area contributed by atoms with Crippen LogP contribution in [0.15, 0.2) is 47.9 Å². The van der Waals surface area contributed by atoms with Gasteiger partial charge in [0, 0.05) is 17.2 Å². The number of carbonyl (C=O) groups is 2. The summed E-state index contributed by atoms with van der Waals surface area (Å²) in [5, 5.41) is 3.54. The second kappa shape index (κ2) is 11.3. The number of hydrogen-bond acceptors (Lipinski definition) is 7. The van der Waals surface area contributed by atoms with Crippen LogP contribution in [0.2, 0.25) is 0 Å². The number of nitrogens with one attached hydrogen (secondary N) is 2. The summed E-state index contributed by atoms with van der Waals surface area (Å²) in [6, 6.07) is 12.0. The fraction of sp³-hybridized carbons (Fsp3) is 0.273. The van der Waals surface area contributed by atoms with Crippen LogP contribution in [0.1, 0.15) is 18.1 Å². The second-order valence-corrected chi connectivity index (χ2v) is 8.42. The van der Waals surface area contributed by atoms with Crippen molar-refractivity contribution in [3.05, 3.63) is 59.0 Å². The zero-order valence-electron chi connectivity index (χ0n) is 18.2. The Labute approximate surface area is 187 Å². The van der Waals surface area contributed by atoms with Crippen molar-refractivity contribution in [2.24, 2.45) is 0 Å². The highest BCUT2D eigenvalue weighted by Crippen LogP contribution is 2.29. The van der Waals surface area contributed by atoms with Crippen molar-refractivity contribution in [2.75, 3.05) is 26.1 Å². The third kappa shape index (κ3) is 7.71. The quantitative estimate of drug-likeness (QED) is 0.521. The van der Waals surface area contributed by atoms with E-state index in [0.29, 0.717) is 22.7 Å². The molecule has 1 unspecified atom stereocenters. The number of methoxy groups -OCH3 is 2. The van der Waals surface area contributed by atoms with Crippen LogP contribution in [0.4, 0.5) is 5.69 Å². The molecule has 0 saturated heterocycles. The van der Waals surface area contributed by atoms with Crippen LogP contribution in [-0.2, 0) is 24.3 Å². The van der Waals surface area contributed by atoms with Crippen LogP contribution in [0.25, 0.3) is 6.08 Å². The lowest BCUT2D eigenvalue weighted by molar-refractivity contribution is -0.151. The minimum absolute atomic E-state index is 0.414. The molecule has 0 spiro atoms. The molecule has 0 heterocycles. The Bertz CT molecular complexity index is 1080. The van der Waals surface area contributed by atoms with E-state index >= 15 is 0 Å². The molecule has 2 rings (SSSR count). The monoisotopic (exact) mass is 462 g/mol. The fourth-order valence-corrected chi connectivity index (χ4v) is 3.26. The van der Waals surface area contributed by atoms with E-state index < -0.39 is 34.5 Å². The maximum Gasteiger partial charge on any atom is 0.321 e. The number of benzene rings is 2. The van der Waals surface area contributed by atoms with Gasteiger partial charge in [-0.1, -0.05) is 29.8 Å². The molecule has 172 valence electrons. The molecule has 9 nitrogen and oxygen atoms in total. The van der Waals surface area contributed by atoms with Gasteiger partial charge in [-0.2, -0.15) is 0 Å². The van der Waals surface area contributed by atoms with E-state index in [1.807, 2.05) is 19.1 Å². The average Bonchev–Trinajstić information content (AvgIpc) is 2.77. The first-order chi connectivity index (χ1) is 15.1. The number of sulfonamides is 1. The van der Waals surface area contributed by atoms with E-state index in [9.17, 15) is 18.0 Å². The first kappa shape index (κ1) is 24.9. The highest BCUT2D eigenvalue weighted by atomic mass is 32.2. The van der Waals surface area contributed by atoms with E-state index in [0.717, 1.165) is 11.0 Å². The molecule has 0 saturated carbocycles. The topological polar surface area (TPSA) is 120 Å². The number of anilines is 1. The Balaban J connectivity index is 1.86. The highest BCUT2D eigenvalue weighted by Gasteiger charge is 2.19. The second-order valence-electron chi connectivity index (χ2n) is 6.77. The van der Waals surface area contributed by atoms with Gasteiger partial charge in [-0.3, -0.25) is 9.59 Å². The van der Waals surface area contributed by atoms with Crippen LogP contribution < -0.4 is 19.5 Å². The molecule has 0 aliphatic heterocycles. The first-order valence-electron chi connectivity index (χ1n) is 9.60. The minimum Gasteiger partial charge on any atom is -0.493 e. The Kier molecular flexibility index (Phi) is 8.80. The first-order valence-corrected chi connectivity index (χ1v) is 11.1. The van der Waals surface area contributed by atoms with Gasteiger partial charge in [-0.15, -0.1) is 0 Å². The lowest BCUT2D eigenvalue weighted by Crippen LogP contribution is -2.35. The zero-order chi connectivity index (χ0) is 23.7. The number of esters is 1. The van der Waals surface area contributed by atoms with Crippen molar-refractivity contribution >= 4 is 33.7 Å².